The Morgan fingerprint density at radius 2 is 1.67 bits per heavy atom. The Kier molecular flexibility index (Phi) is 4.57. The predicted octanol–water partition coefficient (Wildman–Crippen LogP) is 4.21. The summed E-state index contributed by atoms with van der Waals surface area (Å²) < 4.78 is 45.9. The molecule has 0 heterocycles. The van der Waals surface area contributed by atoms with Gasteiger partial charge in [-0.15, -0.1) is 13.2 Å². The topological polar surface area (TPSA) is 30.5 Å². The number of benzene rings is 2. The summed E-state index contributed by atoms with van der Waals surface area (Å²) in [5.41, 5.74) is 1.20. The third kappa shape index (κ3) is 4.59. The predicted molar refractivity (Wildman–Crippen MR) is 73.4 cm³/mol. The van der Waals surface area contributed by atoms with Crippen molar-refractivity contribution in [2.45, 2.75) is 12.9 Å². The van der Waals surface area contributed by atoms with Crippen molar-refractivity contribution in [2.24, 2.45) is 0 Å². The first-order valence-corrected chi connectivity index (χ1v) is 6.19. The molecule has 2 aromatic rings. The molecule has 0 fully saturated rings. The van der Waals surface area contributed by atoms with Crippen LogP contribution in [0.3, 0.4) is 0 Å². The van der Waals surface area contributed by atoms with E-state index in [-0.39, 0.29) is 11.4 Å². The Hall–Kier alpha value is -2.37. The average Bonchev–Trinajstić information content (AvgIpc) is 2.45. The van der Waals surface area contributed by atoms with Gasteiger partial charge in [0.05, 0.1) is 12.8 Å². The number of methoxy groups -OCH3 is 1. The first-order valence-electron chi connectivity index (χ1n) is 6.19. The number of ether oxygens (including phenoxy) is 2. The minimum atomic E-state index is -4.71. The summed E-state index contributed by atoms with van der Waals surface area (Å²) in [7, 11) is 1.57. The SMILES string of the molecule is COc1ccc(CNc2ccccc2OC(F)(F)F)cc1. The quantitative estimate of drug-likeness (QED) is 0.897. The summed E-state index contributed by atoms with van der Waals surface area (Å²) in [6.45, 7) is 0.377. The average molecular weight is 297 g/mol. The molecule has 21 heavy (non-hydrogen) atoms. The third-order valence-corrected chi connectivity index (χ3v) is 2.75. The van der Waals surface area contributed by atoms with Gasteiger partial charge in [0.25, 0.3) is 0 Å². The molecular formula is C15H14F3NO2. The number of anilines is 1. The van der Waals surface area contributed by atoms with Gasteiger partial charge in [-0.1, -0.05) is 24.3 Å². The van der Waals surface area contributed by atoms with Crippen LogP contribution in [0.4, 0.5) is 18.9 Å². The standard InChI is InChI=1S/C15H14F3NO2/c1-20-12-8-6-11(7-9-12)10-19-13-4-2-3-5-14(13)21-15(16,17)18/h2-9,19H,10H2,1H3. The van der Waals surface area contributed by atoms with Gasteiger partial charge in [0, 0.05) is 6.54 Å². The van der Waals surface area contributed by atoms with Crippen molar-refractivity contribution in [3.05, 3.63) is 54.1 Å². The summed E-state index contributed by atoms with van der Waals surface area (Å²) >= 11 is 0. The maximum absolute atomic E-state index is 12.3. The Morgan fingerprint density at radius 3 is 2.29 bits per heavy atom. The lowest BCUT2D eigenvalue weighted by molar-refractivity contribution is -0.274. The van der Waals surface area contributed by atoms with Gasteiger partial charge in [0.15, 0.2) is 5.75 Å². The number of halogens is 3. The number of alkyl halides is 3. The highest BCUT2D eigenvalue weighted by molar-refractivity contribution is 5.56. The molecule has 2 rings (SSSR count). The van der Waals surface area contributed by atoms with E-state index in [1.807, 2.05) is 12.1 Å². The molecule has 0 atom stereocenters. The number of hydrogen-bond donors (Lipinski definition) is 1. The molecule has 1 N–H and O–H groups in total. The fraction of sp³-hybridized carbons (Fsp3) is 0.200. The first kappa shape index (κ1) is 15.0. The van der Waals surface area contributed by atoms with Gasteiger partial charge in [0.1, 0.15) is 5.75 Å². The van der Waals surface area contributed by atoms with Crippen LogP contribution < -0.4 is 14.8 Å². The summed E-state index contributed by atoms with van der Waals surface area (Å²) in [6, 6.07) is 13.2. The summed E-state index contributed by atoms with van der Waals surface area (Å²) in [5, 5.41) is 2.92. The lowest BCUT2D eigenvalue weighted by Crippen LogP contribution is -2.18. The maximum Gasteiger partial charge on any atom is 0.573 e. The van der Waals surface area contributed by atoms with Crippen LogP contribution in [0.15, 0.2) is 48.5 Å². The van der Waals surface area contributed by atoms with Crippen LogP contribution in [-0.2, 0) is 6.54 Å². The zero-order valence-electron chi connectivity index (χ0n) is 11.3. The van der Waals surface area contributed by atoms with Crippen LogP contribution in [0.2, 0.25) is 0 Å². The molecule has 0 saturated carbocycles. The third-order valence-electron chi connectivity index (χ3n) is 2.75. The zero-order chi connectivity index (χ0) is 15.3. The van der Waals surface area contributed by atoms with Crippen molar-refractivity contribution >= 4 is 5.69 Å². The van der Waals surface area contributed by atoms with Gasteiger partial charge in [-0.2, -0.15) is 0 Å². The van der Waals surface area contributed by atoms with E-state index in [4.69, 9.17) is 4.74 Å². The molecule has 112 valence electrons. The molecule has 0 aliphatic heterocycles. The minimum absolute atomic E-state index is 0.251. The van der Waals surface area contributed by atoms with E-state index >= 15 is 0 Å². The molecular weight excluding hydrogens is 283 g/mol. The number of para-hydroxylation sites is 2. The fourth-order valence-electron chi connectivity index (χ4n) is 1.77. The second-order valence-electron chi connectivity index (χ2n) is 4.25. The van der Waals surface area contributed by atoms with Gasteiger partial charge in [0.2, 0.25) is 0 Å². The molecule has 6 heteroatoms. The van der Waals surface area contributed by atoms with Crippen molar-refractivity contribution < 1.29 is 22.6 Å². The molecule has 3 nitrogen and oxygen atoms in total. The van der Waals surface area contributed by atoms with Gasteiger partial charge < -0.3 is 14.8 Å². The molecule has 0 saturated heterocycles. The normalized spacial score (nSPS) is 11.0. The lowest BCUT2D eigenvalue weighted by atomic mass is 10.2. The largest absolute Gasteiger partial charge is 0.573 e. The second kappa shape index (κ2) is 6.39. The Labute approximate surface area is 120 Å². The first-order chi connectivity index (χ1) is 9.98. The van der Waals surface area contributed by atoms with E-state index < -0.39 is 6.36 Å². The van der Waals surface area contributed by atoms with Crippen LogP contribution in [0, 0.1) is 0 Å². The molecule has 0 aliphatic carbocycles. The molecule has 0 aliphatic rings. The Balaban J connectivity index is 2.05. The Morgan fingerprint density at radius 1 is 1.00 bits per heavy atom. The summed E-state index contributed by atoms with van der Waals surface area (Å²) in [6.07, 6.45) is -4.71. The molecule has 0 amide bonds. The molecule has 0 radical (unpaired) electrons. The maximum atomic E-state index is 12.3. The highest BCUT2D eigenvalue weighted by Gasteiger charge is 2.32. The highest BCUT2D eigenvalue weighted by Crippen LogP contribution is 2.30. The number of nitrogens with one attached hydrogen (secondary N) is 1. The van der Waals surface area contributed by atoms with E-state index in [0.717, 1.165) is 11.3 Å². The van der Waals surface area contributed by atoms with Gasteiger partial charge in [-0.25, -0.2) is 0 Å². The van der Waals surface area contributed by atoms with E-state index in [0.29, 0.717) is 6.54 Å². The molecule has 0 unspecified atom stereocenters. The van der Waals surface area contributed by atoms with Crippen molar-refractivity contribution in [3.63, 3.8) is 0 Å². The Bertz CT molecular complexity index is 582. The number of hydrogen-bond acceptors (Lipinski definition) is 3. The van der Waals surface area contributed by atoms with E-state index in [1.54, 1.807) is 25.3 Å². The van der Waals surface area contributed by atoms with Crippen molar-refractivity contribution in [2.75, 3.05) is 12.4 Å². The molecule has 0 spiro atoms. The molecule has 0 bridgehead atoms. The van der Waals surface area contributed by atoms with Crippen LogP contribution in [0.5, 0.6) is 11.5 Å². The van der Waals surface area contributed by atoms with Crippen LogP contribution in [0.1, 0.15) is 5.56 Å². The van der Waals surface area contributed by atoms with Gasteiger partial charge >= 0.3 is 6.36 Å². The van der Waals surface area contributed by atoms with Crippen LogP contribution in [0.25, 0.3) is 0 Å². The molecule has 0 aromatic heterocycles. The molecule has 2 aromatic carbocycles. The van der Waals surface area contributed by atoms with Crippen LogP contribution >= 0.6 is 0 Å². The van der Waals surface area contributed by atoms with Gasteiger partial charge in [-0.05, 0) is 29.8 Å². The zero-order valence-corrected chi connectivity index (χ0v) is 11.3. The summed E-state index contributed by atoms with van der Waals surface area (Å²) in [4.78, 5) is 0. The van der Waals surface area contributed by atoms with Crippen molar-refractivity contribution in [1.82, 2.24) is 0 Å². The monoisotopic (exact) mass is 297 g/mol. The number of rotatable bonds is 5. The van der Waals surface area contributed by atoms with Crippen LogP contribution in [-0.4, -0.2) is 13.5 Å². The van der Waals surface area contributed by atoms with Crippen molar-refractivity contribution in [3.8, 4) is 11.5 Å². The van der Waals surface area contributed by atoms with E-state index in [2.05, 4.69) is 10.1 Å². The highest BCUT2D eigenvalue weighted by atomic mass is 19.4. The summed E-state index contributed by atoms with van der Waals surface area (Å²) in [5.74, 6) is 0.470. The van der Waals surface area contributed by atoms with E-state index in [9.17, 15) is 13.2 Å². The smallest absolute Gasteiger partial charge is 0.497 e. The van der Waals surface area contributed by atoms with Crippen molar-refractivity contribution in [1.29, 1.82) is 0 Å². The second-order valence-corrected chi connectivity index (χ2v) is 4.25. The van der Waals surface area contributed by atoms with E-state index in [1.165, 1.54) is 18.2 Å². The minimum Gasteiger partial charge on any atom is -0.497 e. The lowest BCUT2D eigenvalue weighted by Gasteiger charge is -2.14. The van der Waals surface area contributed by atoms with Gasteiger partial charge in [-0.3, -0.25) is 0 Å². The fourth-order valence-corrected chi connectivity index (χ4v) is 1.77.